The molecule has 1 aliphatic heterocycles. The zero-order valence-electron chi connectivity index (χ0n) is 10.5. The molecule has 94 valence electrons. The van der Waals surface area contributed by atoms with Gasteiger partial charge in [-0.1, -0.05) is 0 Å². The summed E-state index contributed by atoms with van der Waals surface area (Å²) in [6.45, 7) is 1.72. The SMILES string of the molecule is CN[C@H]1CCCN(C(=O)Cc2cnn(C)c2)C1. The van der Waals surface area contributed by atoms with Gasteiger partial charge in [0.05, 0.1) is 12.6 Å². The summed E-state index contributed by atoms with van der Waals surface area (Å²) in [5.74, 6) is 0.206. The Bertz CT molecular complexity index is 388. The van der Waals surface area contributed by atoms with Crippen LogP contribution >= 0.6 is 0 Å². The minimum atomic E-state index is 0.206. The molecule has 1 aromatic rings. The molecule has 1 amide bonds. The Morgan fingerprint density at radius 3 is 3.12 bits per heavy atom. The Morgan fingerprint density at radius 1 is 1.65 bits per heavy atom. The van der Waals surface area contributed by atoms with Gasteiger partial charge in [0, 0.05) is 32.4 Å². The van der Waals surface area contributed by atoms with Crippen molar-refractivity contribution >= 4 is 5.91 Å². The van der Waals surface area contributed by atoms with Crippen molar-refractivity contribution in [1.29, 1.82) is 0 Å². The first-order valence-electron chi connectivity index (χ1n) is 6.11. The van der Waals surface area contributed by atoms with Gasteiger partial charge in [0.1, 0.15) is 0 Å². The van der Waals surface area contributed by atoms with Gasteiger partial charge in [-0.05, 0) is 25.5 Å². The van der Waals surface area contributed by atoms with E-state index in [2.05, 4.69) is 10.4 Å². The van der Waals surface area contributed by atoms with Crippen LogP contribution in [0.25, 0.3) is 0 Å². The summed E-state index contributed by atoms with van der Waals surface area (Å²) >= 11 is 0. The average molecular weight is 236 g/mol. The lowest BCUT2D eigenvalue weighted by atomic mass is 10.1. The van der Waals surface area contributed by atoms with Gasteiger partial charge in [0.15, 0.2) is 0 Å². The molecule has 1 saturated heterocycles. The fourth-order valence-electron chi connectivity index (χ4n) is 2.29. The van der Waals surface area contributed by atoms with Gasteiger partial charge in [-0.15, -0.1) is 0 Å². The number of carbonyl (C=O) groups is 1. The van der Waals surface area contributed by atoms with Crippen molar-refractivity contribution < 1.29 is 4.79 Å². The van der Waals surface area contributed by atoms with Crippen LogP contribution in [0.1, 0.15) is 18.4 Å². The van der Waals surface area contributed by atoms with E-state index in [9.17, 15) is 4.79 Å². The van der Waals surface area contributed by atoms with E-state index in [1.165, 1.54) is 0 Å². The molecule has 0 aromatic carbocycles. The summed E-state index contributed by atoms with van der Waals surface area (Å²) < 4.78 is 1.73. The van der Waals surface area contributed by atoms with Crippen LogP contribution < -0.4 is 5.32 Å². The van der Waals surface area contributed by atoms with Gasteiger partial charge in [-0.25, -0.2) is 0 Å². The molecule has 0 unspecified atom stereocenters. The summed E-state index contributed by atoms with van der Waals surface area (Å²) in [6.07, 6.45) is 6.37. The van der Waals surface area contributed by atoms with Crippen LogP contribution in [0.2, 0.25) is 0 Å². The number of rotatable bonds is 3. The number of carbonyl (C=O) groups excluding carboxylic acids is 1. The molecule has 0 bridgehead atoms. The molecular weight excluding hydrogens is 216 g/mol. The Kier molecular flexibility index (Phi) is 3.78. The number of piperidine rings is 1. The highest BCUT2D eigenvalue weighted by molar-refractivity contribution is 5.78. The molecule has 1 fully saturated rings. The van der Waals surface area contributed by atoms with Crippen LogP contribution in [-0.2, 0) is 18.3 Å². The topological polar surface area (TPSA) is 50.2 Å². The second-order valence-electron chi connectivity index (χ2n) is 4.67. The van der Waals surface area contributed by atoms with E-state index in [-0.39, 0.29) is 5.91 Å². The highest BCUT2D eigenvalue weighted by Gasteiger charge is 2.22. The fourth-order valence-corrected chi connectivity index (χ4v) is 2.29. The van der Waals surface area contributed by atoms with Gasteiger partial charge in [-0.2, -0.15) is 5.10 Å². The maximum absolute atomic E-state index is 12.1. The van der Waals surface area contributed by atoms with E-state index < -0.39 is 0 Å². The van der Waals surface area contributed by atoms with Crippen molar-refractivity contribution in [2.45, 2.75) is 25.3 Å². The van der Waals surface area contributed by atoms with Gasteiger partial charge in [0.25, 0.3) is 0 Å². The van der Waals surface area contributed by atoms with Crippen LogP contribution in [0, 0.1) is 0 Å². The van der Waals surface area contributed by atoms with Gasteiger partial charge < -0.3 is 10.2 Å². The lowest BCUT2D eigenvalue weighted by Crippen LogP contribution is -2.47. The van der Waals surface area contributed by atoms with Crippen LogP contribution in [0.4, 0.5) is 0 Å². The summed E-state index contributed by atoms with van der Waals surface area (Å²) in [5.41, 5.74) is 0.990. The van der Waals surface area contributed by atoms with Crippen LogP contribution in [0.3, 0.4) is 0 Å². The molecule has 1 atom stereocenters. The third-order valence-corrected chi connectivity index (χ3v) is 3.30. The number of aryl methyl sites for hydroxylation is 1. The van der Waals surface area contributed by atoms with E-state index in [0.717, 1.165) is 31.5 Å². The van der Waals surface area contributed by atoms with Gasteiger partial charge in [-0.3, -0.25) is 9.48 Å². The highest BCUT2D eigenvalue weighted by atomic mass is 16.2. The van der Waals surface area contributed by atoms with E-state index in [0.29, 0.717) is 12.5 Å². The highest BCUT2D eigenvalue weighted by Crippen LogP contribution is 2.11. The predicted molar refractivity (Wildman–Crippen MR) is 65.6 cm³/mol. The molecule has 0 spiro atoms. The van der Waals surface area contributed by atoms with Crippen LogP contribution in [0.15, 0.2) is 12.4 Å². The van der Waals surface area contributed by atoms with Crippen molar-refractivity contribution in [3.8, 4) is 0 Å². The number of likely N-dealkylation sites (N-methyl/N-ethyl adjacent to an activating group) is 1. The normalized spacial score (nSPS) is 20.6. The minimum Gasteiger partial charge on any atom is -0.341 e. The summed E-state index contributed by atoms with van der Waals surface area (Å²) in [5, 5.41) is 7.33. The molecule has 2 rings (SSSR count). The number of nitrogens with zero attached hydrogens (tertiary/aromatic N) is 3. The van der Waals surface area contributed by atoms with E-state index in [1.54, 1.807) is 10.9 Å². The first-order chi connectivity index (χ1) is 8.19. The van der Waals surface area contributed by atoms with Gasteiger partial charge >= 0.3 is 0 Å². The first-order valence-corrected chi connectivity index (χ1v) is 6.11. The van der Waals surface area contributed by atoms with E-state index in [1.807, 2.05) is 25.2 Å². The van der Waals surface area contributed by atoms with Crippen molar-refractivity contribution in [1.82, 2.24) is 20.0 Å². The Hall–Kier alpha value is -1.36. The molecule has 0 aliphatic carbocycles. The van der Waals surface area contributed by atoms with E-state index in [4.69, 9.17) is 0 Å². The number of likely N-dealkylation sites (tertiary alicyclic amines) is 1. The lowest BCUT2D eigenvalue weighted by molar-refractivity contribution is -0.131. The minimum absolute atomic E-state index is 0.206. The maximum Gasteiger partial charge on any atom is 0.227 e. The second-order valence-corrected chi connectivity index (χ2v) is 4.67. The number of nitrogens with one attached hydrogen (secondary N) is 1. The molecular formula is C12H20N4O. The van der Waals surface area contributed by atoms with Crippen molar-refractivity contribution in [2.75, 3.05) is 20.1 Å². The molecule has 17 heavy (non-hydrogen) atoms. The first kappa shape index (κ1) is 12.1. The number of hydrogen-bond donors (Lipinski definition) is 1. The average Bonchev–Trinajstić information content (AvgIpc) is 2.75. The van der Waals surface area contributed by atoms with Crippen LogP contribution in [-0.4, -0.2) is 46.8 Å². The predicted octanol–water partition coefficient (Wildman–Crippen LogP) is 0.173. The lowest BCUT2D eigenvalue weighted by Gasteiger charge is -2.32. The quantitative estimate of drug-likeness (QED) is 0.814. The third-order valence-electron chi connectivity index (χ3n) is 3.30. The molecule has 1 N–H and O–H groups in total. The Labute approximate surface area is 102 Å². The zero-order valence-corrected chi connectivity index (χ0v) is 10.5. The molecule has 0 radical (unpaired) electrons. The largest absolute Gasteiger partial charge is 0.341 e. The summed E-state index contributed by atoms with van der Waals surface area (Å²) in [7, 11) is 3.83. The molecule has 2 heterocycles. The van der Waals surface area contributed by atoms with Crippen LogP contribution in [0.5, 0.6) is 0 Å². The molecule has 1 aromatic heterocycles. The maximum atomic E-state index is 12.1. The third kappa shape index (κ3) is 3.06. The summed E-state index contributed by atoms with van der Waals surface area (Å²) in [4.78, 5) is 14.1. The Morgan fingerprint density at radius 2 is 2.47 bits per heavy atom. The molecule has 1 aliphatic rings. The zero-order chi connectivity index (χ0) is 12.3. The van der Waals surface area contributed by atoms with Gasteiger partial charge in [0.2, 0.25) is 5.91 Å². The summed E-state index contributed by atoms with van der Waals surface area (Å²) in [6, 6.07) is 0.446. The smallest absolute Gasteiger partial charge is 0.227 e. The monoisotopic (exact) mass is 236 g/mol. The number of hydrogen-bond acceptors (Lipinski definition) is 3. The van der Waals surface area contributed by atoms with Crippen molar-refractivity contribution in [3.05, 3.63) is 18.0 Å². The van der Waals surface area contributed by atoms with Crippen molar-refractivity contribution in [3.63, 3.8) is 0 Å². The Balaban J connectivity index is 1.91. The van der Waals surface area contributed by atoms with E-state index >= 15 is 0 Å². The number of amides is 1. The molecule has 5 nitrogen and oxygen atoms in total. The number of aromatic nitrogens is 2. The standard InChI is InChI=1S/C12H20N4O/c1-13-11-4-3-5-16(9-11)12(17)6-10-7-14-15(2)8-10/h7-8,11,13H,3-6,9H2,1-2H3/t11-/m0/s1. The van der Waals surface area contributed by atoms with Crippen molar-refractivity contribution in [2.24, 2.45) is 7.05 Å². The fraction of sp³-hybridized carbons (Fsp3) is 0.667. The molecule has 0 saturated carbocycles. The second kappa shape index (κ2) is 5.31. The molecule has 5 heteroatoms.